The van der Waals surface area contributed by atoms with Gasteiger partial charge in [-0.25, -0.2) is 4.98 Å². The van der Waals surface area contributed by atoms with Crippen molar-refractivity contribution >= 4 is 17.5 Å². The molecule has 0 atom stereocenters. The highest BCUT2D eigenvalue weighted by Gasteiger charge is 2.18. The molecule has 3 heterocycles. The van der Waals surface area contributed by atoms with E-state index >= 15 is 0 Å². The van der Waals surface area contributed by atoms with Crippen molar-refractivity contribution < 1.29 is 14.3 Å². The number of nitrogens with one attached hydrogen (secondary N) is 1. The summed E-state index contributed by atoms with van der Waals surface area (Å²) < 4.78 is 7.77. The SMILES string of the molecule is O=C(NCc1ccc(C(=O)N2CCCCC2)cc1)c1ccc(OCc2cn3ccccc3n2)cc1. The van der Waals surface area contributed by atoms with Crippen LogP contribution in [0.2, 0.25) is 0 Å². The molecule has 1 aliphatic rings. The number of amides is 2. The molecule has 0 bridgehead atoms. The quantitative estimate of drug-likeness (QED) is 0.434. The van der Waals surface area contributed by atoms with Gasteiger partial charge in [-0.2, -0.15) is 0 Å². The minimum Gasteiger partial charge on any atom is -0.487 e. The number of benzene rings is 2. The first kappa shape index (κ1) is 22.7. The highest BCUT2D eigenvalue weighted by Crippen LogP contribution is 2.16. The number of aromatic nitrogens is 2. The Kier molecular flexibility index (Phi) is 6.75. The van der Waals surface area contributed by atoms with Crippen LogP contribution in [0.4, 0.5) is 0 Å². The number of piperidine rings is 1. The second kappa shape index (κ2) is 10.4. The summed E-state index contributed by atoms with van der Waals surface area (Å²) in [5.74, 6) is 0.599. The Hall–Kier alpha value is -4.13. The fraction of sp³-hybridized carbons (Fsp3) is 0.250. The van der Waals surface area contributed by atoms with Gasteiger partial charge in [0.25, 0.3) is 11.8 Å². The molecule has 4 aromatic rings. The van der Waals surface area contributed by atoms with Crippen molar-refractivity contribution in [3.63, 3.8) is 0 Å². The van der Waals surface area contributed by atoms with Gasteiger partial charge in [0.1, 0.15) is 18.0 Å². The van der Waals surface area contributed by atoms with E-state index in [1.165, 1.54) is 6.42 Å². The zero-order chi connectivity index (χ0) is 24.0. The third-order valence-corrected chi connectivity index (χ3v) is 6.21. The second-order valence-electron chi connectivity index (χ2n) is 8.74. The fourth-order valence-electron chi connectivity index (χ4n) is 4.25. The second-order valence-corrected chi connectivity index (χ2v) is 8.74. The highest BCUT2D eigenvalue weighted by atomic mass is 16.5. The minimum atomic E-state index is -0.162. The maximum atomic E-state index is 12.6. The van der Waals surface area contributed by atoms with E-state index in [0.717, 1.165) is 42.8 Å². The number of carbonyl (C=O) groups excluding carboxylic acids is 2. The maximum Gasteiger partial charge on any atom is 0.253 e. The smallest absolute Gasteiger partial charge is 0.253 e. The van der Waals surface area contributed by atoms with Gasteiger partial charge in [0.2, 0.25) is 0 Å². The van der Waals surface area contributed by atoms with Crippen LogP contribution in [0.15, 0.2) is 79.1 Å². The number of imidazole rings is 1. The Bertz CT molecular complexity index is 1270. The van der Waals surface area contributed by atoms with Gasteiger partial charge in [0.05, 0.1) is 5.69 Å². The number of hydrogen-bond donors (Lipinski definition) is 1. The molecule has 35 heavy (non-hydrogen) atoms. The van der Waals surface area contributed by atoms with E-state index in [2.05, 4.69) is 10.3 Å². The van der Waals surface area contributed by atoms with Crippen LogP contribution in [0.3, 0.4) is 0 Å². The van der Waals surface area contributed by atoms with E-state index in [9.17, 15) is 9.59 Å². The molecule has 0 unspecified atom stereocenters. The van der Waals surface area contributed by atoms with Gasteiger partial charge in [-0.15, -0.1) is 0 Å². The van der Waals surface area contributed by atoms with Crippen molar-refractivity contribution in [2.24, 2.45) is 0 Å². The van der Waals surface area contributed by atoms with Crippen LogP contribution in [0.25, 0.3) is 5.65 Å². The third-order valence-electron chi connectivity index (χ3n) is 6.21. The molecule has 178 valence electrons. The lowest BCUT2D eigenvalue weighted by molar-refractivity contribution is 0.0724. The van der Waals surface area contributed by atoms with Crippen LogP contribution < -0.4 is 10.1 Å². The molecule has 1 aliphatic heterocycles. The number of rotatable bonds is 7. The molecule has 7 heteroatoms. The summed E-state index contributed by atoms with van der Waals surface area (Å²) in [6, 6.07) is 20.4. The molecule has 1 N–H and O–H groups in total. The molecule has 2 aromatic heterocycles. The van der Waals surface area contributed by atoms with Crippen LogP contribution in [0.1, 0.15) is 51.2 Å². The number of pyridine rings is 1. The summed E-state index contributed by atoms with van der Waals surface area (Å²) in [4.78, 5) is 31.6. The summed E-state index contributed by atoms with van der Waals surface area (Å²) >= 11 is 0. The van der Waals surface area contributed by atoms with Crippen molar-refractivity contribution in [3.05, 3.63) is 102 Å². The van der Waals surface area contributed by atoms with Crippen LogP contribution in [0, 0.1) is 0 Å². The van der Waals surface area contributed by atoms with Crippen molar-refractivity contribution in [3.8, 4) is 5.75 Å². The van der Waals surface area contributed by atoms with Crippen molar-refractivity contribution in [2.75, 3.05) is 13.1 Å². The van der Waals surface area contributed by atoms with Crippen LogP contribution in [-0.2, 0) is 13.2 Å². The molecule has 2 aromatic carbocycles. The van der Waals surface area contributed by atoms with E-state index in [4.69, 9.17) is 4.74 Å². The van der Waals surface area contributed by atoms with E-state index in [1.807, 2.05) is 64.2 Å². The molecule has 0 aliphatic carbocycles. The molecule has 0 saturated carbocycles. The van der Waals surface area contributed by atoms with Gasteiger partial charge >= 0.3 is 0 Å². The Morgan fingerprint density at radius 2 is 1.63 bits per heavy atom. The molecule has 0 spiro atoms. The Labute approximate surface area is 204 Å². The number of fused-ring (bicyclic) bond motifs is 1. The van der Waals surface area contributed by atoms with Gasteiger partial charge < -0.3 is 19.4 Å². The third kappa shape index (κ3) is 5.51. The Balaban J connectivity index is 1.11. The van der Waals surface area contributed by atoms with Gasteiger partial charge in [-0.05, 0) is 73.4 Å². The van der Waals surface area contributed by atoms with Gasteiger partial charge in [0, 0.05) is 43.2 Å². The van der Waals surface area contributed by atoms with Gasteiger partial charge in [0.15, 0.2) is 0 Å². The number of hydrogen-bond acceptors (Lipinski definition) is 4. The van der Waals surface area contributed by atoms with E-state index in [-0.39, 0.29) is 11.8 Å². The van der Waals surface area contributed by atoms with Crippen molar-refractivity contribution in [1.82, 2.24) is 19.6 Å². The normalized spacial score (nSPS) is 13.5. The average Bonchev–Trinajstić information content (AvgIpc) is 3.34. The molecule has 1 saturated heterocycles. The lowest BCUT2D eigenvalue weighted by atomic mass is 10.1. The first-order valence-electron chi connectivity index (χ1n) is 12.0. The van der Waals surface area contributed by atoms with Crippen molar-refractivity contribution in [2.45, 2.75) is 32.4 Å². The van der Waals surface area contributed by atoms with Gasteiger partial charge in [-0.1, -0.05) is 18.2 Å². The fourth-order valence-corrected chi connectivity index (χ4v) is 4.25. The Morgan fingerprint density at radius 3 is 2.37 bits per heavy atom. The van der Waals surface area contributed by atoms with Crippen LogP contribution >= 0.6 is 0 Å². The largest absolute Gasteiger partial charge is 0.487 e. The topological polar surface area (TPSA) is 75.9 Å². The van der Waals surface area contributed by atoms with Gasteiger partial charge in [-0.3, -0.25) is 9.59 Å². The lowest BCUT2D eigenvalue weighted by Crippen LogP contribution is -2.35. The Morgan fingerprint density at radius 1 is 0.886 bits per heavy atom. The molecule has 2 amide bonds. The molecule has 1 fully saturated rings. The summed E-state index contributed by atoms with van der Waals surface area (Å²) in [7, 11) is 0. The van der Waals surface area contributed by atoms with Crippen LogP contribution in [0.5, 0.6) is 5.75 Å². The molecule has 7 nitrogen and oxygen atoms in total. The molecule has 5 rings (SSSR count). The van der Waals surface area contributed by atoms with E-state index in [1.54, 1.807) is 24.3 Å². The predicted octanol–water partition coefficient (Wildman–Crippen LogP) is 4.47. The maximum absolute atomic E-state index is 12.6. The monoisotopic (exact) mass is 468 g/mol. The predicted molar refractivity (Wildman–Crippen MR) is 133 cm³/mol. The summed E-state index contributed by atoms with van der Waals surface area (Å²) in [5.41, 5.74) is 3.91. The number of likely N-dealkylation sites (tertiary alicyclic amines) is 1. The average molecular weight is 469 g/mol. The summed E-state index contributed by atoms with van der Waals surface area (Å²) in [5, 5.41) is 2.93. The standard InChI is InChI=1S/C28H28N4O3/c33-27(29-18-21-7-9-23(10-8-21)28(34)31-15-3-1-4-16-31)22-11-13-25(14-12-22)35-20-24-19-32-17-5-2-6-26(32)30-24/h2,5-14,17,19H,1,3-4,15-16,18,20H2,(H,29,33). The summed E-state index contributed by atoms with van der Waals surface area (Å²) in [6.45, 7) is 2.41. The molecule has 0 radical (unpaired) electrons. The number of nitrogens with zero attached hydrogens (tertiary/aromatic N) is 3. The first-order valence-corrected chi connectivity index (χ1v) is 12.0. The number of ether oxygens (including phenoxy) is 1. The zero-order valence-corrected chi connectivity index (χ0v) is 19.5. The first-order chi connectivity index (χ1) is 17.2. The molecular weight excluding hydrogens is 440 g/mol. The minimum absolute atomic E-state index is 0.0868. The highest BCUT2D eigenvalue weighted by molar-refractivity contribution is 5.95. The van der Waals surface area contributed by atoms with E-state index < -0.39 is 0 Å². The zero-order valence-electron chi connectivity index (χ0n) is 19.5. The summed E-state index contributed by atoms with van der Waals surface area (Å²) in [6.07, 6.45) is 7.23. The van der Waals surface area contributed by atoms with Crippen molar-refractivity contribution in [1.29, 1.82) is 0 Å². The molecular formula is C28H28N4O3. The number of carbonyl (C=O) groups is 2. The van der Waals surface area contributed by atoms with Crippen LogP contribution in [-0.4, -0.2) is 39.2 Å². The lowest BCUT2D eigenvalue weighted by Gasteiger charge is -2.26. The van der Waals surface area contributed by atoms with E-state index in [0.29, 0.717) is 30.0 Å².